The van der Waals surface area contributed by atoms with Gasteiger partial charge in [0.1, 0.15) is 5.84 Å². The number of aliphatic imine (C=N–C) groups is 2. The minimum absolute atomic E-state index is 0.225. The Kier molecular flexibility index (Phi) is 4.95. The van der Waals surface area contributed by atoms with Crippen LogP contribution >= 0.6 is 11.6 Å². The van der Waals surface area contributed by atoms with Crippen LogP contribution in [0.3, 0.4) is 0 Å². The van der Waals surface area contributed by atoms with Gasteiger partial charge in [0.25, 0.3) is 0 Å². The topological polar surface area (TPSA) is 86.6 Å². The zero-order valence-corrected chi connectivity index (χ0v) is 14.5. The average molecular weight is 352 g/mol. The second-order valence-corrected chi connectivity index (χ2v) is 6.03. The number of anilines is 1. The van der Waals surface area contributed by atoms with Crippen molar-refractivity contribution in [3.63, 3.8) is 0 Å². The van der Waals surface area contributed by atoms with Gasteiger partial charge in [0, 0.05) is 23.4 Å². The van der Waals surface area contributed by atoms with E-state index in [-0.39, 0.29) is 11.7 Å². The van der Waals surface area contributed by atoms with Gasteiger partial charge in [-0.15, -0.1) is 0 Å². The van der Waals surface area contributed by atoms with Crippen molar-refractivity contribution in [2.24, 2.45) is 15.7 Å². The second kappa shape index (κ2) is 7.32. The van der Waals surface area contributed by atoms with Crippen LogP contribution in [0.15, 0.2) is 64.1 Å². The molecular formula is C19H18ClN5. The van der Waals surface area contributed by atoms with Gasteiger partial charge >= 0.3 is 0 Å². The maximum absolute atomic E-state index is 7.65. The molecule has 6 heteroatoms. The Morgan fingerprint density at radius 2 is 1.92 bits per heavy atom. The summed E-state index contributed by atoms with van der Waals surface area (Å²) in [4.78, 5) is 8.86. The third kappa shape index (κ3) is 3.61. The number of nitrogens with zero attached hydrogens (tertiary/aromatic N) is 2. The Bertz CT molecular complexity index is 912. The van der Waals surface area contributed by atoms with Gasteiger partial charge in [-0.3, -0.25) is 0 Å². The van der Waals surface area contributed by atoms with Gasteiger partial charge in [-0.25, -0.2) is 9.98 Å². The van der Waals surface area contributed by atoms with Crippen LogP contribution < -0.4 is 11.1 Å². The van der Waals surface area contributed by atoms with Gasteiger partial charge in [0.05, 0.1) is 16.9 Å². The molecule has 25 heavy (non-hydrogen) atoms. The van der Waals surface area contributed by atoms with Gasteiger partial charge in [0.2, 0.25) is 0 Å². The zero-order valence-electron chi connectivity index (χ0n) is 13.8. The third-order valence-electron chi connectivity index (χ3n) is 3.87. The molecule has 0 spiro atoms. The molecule has 0 amide bonds. The van der Waals surface area contributed by atoms with E-state index in [2.05, 4.69) is 15.3 Å². The van der Waals surface area contributed by atoms with Crippen LogP contribution in [0, 0.1) is 5.41 Å². The minimum atomic E-state index is 0.225. The van der Waals surface area contributed by atoms with Crippen molar-refractivity contribution >= 4 is 40.9 Å². The smallest absolute Gasteiger partial charge is 0.172 e. The standard InChI is InChI=1S/C19H18ClN5/c1-12-11-23-16-9-5-3-7-14(16)18(12)24-17(10-21)25-19(22)13-6-2-4-8-15(13)20/h2-10,21,23H,11H2,1H3,(H2,22,24,25). The molecule has 0 atom stereocenters. The molecule has 3 rings (SSSR count). The summed E-state index contributed by atoms with van der Waals surface area (Å²) in [6, 6.07) is 15.1. The lowest BCUT2D eigenvalue weighted by atomic mass is 10.0. The molecule has 4 N–H and O–H groups in total. The van der Waals surface area contributed by atoms with Gasteiger partial charge in [-0.1, -0.05) is 41.9 Å². The minimum Gasteiger partial charge on any atom is -0.383 e. The first-order valence-electron chi connectivity index (χ1n) is 7.81. The molecule has 5 nitrogen and oxygen atoms in total. The van der Waals surface area contributed by atoms with Gasteiger partial charge in [0.15, 0.2) is 5.84 Å². The number of rotatable bonds is 3. The first-order valence-corrected chi connectivity index (χ1v) is 8.19. The Labute approximate surface area is 151 Å². The van der Waals surface area contributed by atoms with Crippen LogP contribution in [-0.4, -0.2) is 24.4 Å². The first kappa shape index (κ1) is 16.9. The summed E-state index contributed by atoms with van der Waals surface area (Å²) in [5, 5.41) is 11.5. The number of hydrogen-bond acceptors (Lipinski definition) is 3. The molecule has 1 aliphatic heterocycles. The highest BCUT2D eigenvalue weighted by Gasteiger charge is 2.16. The summed E-state index contributed by atoms with van der Waals surface area (Å²) >= 11 is 6.15. The fourth-order valence-electron chi connectivity index (χ4n) is 2.60. The average Bonchev–Trinajstić information content (AvgIpc) is 2.63. The predicted octanol–water partition coefficient (Wildman–Crippen LogP) is 3.95. The maximum atomic E-state index is 7.65. The highest BCUT2D eigenvalue weighted by molar-refractivity contribution is 6.36. The summed E-state index contributed by atoms with van der Waals surface area (Å²) < 4.78 is 0. The van der Waals surface area contributed by atoms with E-state index in [1.807, 2.05) is 43.3 Å². The van der Waals surface area contributed by atoms with E-state index in [0.717, 1.165) is 28.7 Å². The molecule has 0 saturated carbocycles. The van der Waals surface area contributed by atoms with Crippen molar-refractivity contribution < 1.29 is 0 Å². The normalized spacial score (nSPS) is 14.8. The molecule has 126 valence electrons. The van der Waals surface area contributed by atoms with Gasteiger partial charge in [-0.05, 0) is 30.7 Å². The summed E-state index contributed by atoms with van der Waals surface area (Å²) in [6.45, 7) is 2.70. The maximum Gasteiger partial charge on any atom is 0.172 e. The summed E-state index contributed by atoms with van der Waals surface area (Å²) in [7, 11) is 0. The molecule has 0 unspecified atom stereocenters. The van der Waals surface area contributed by atoms with Crippen molar-refractivity contribution in [1.82, 2.24) is 0 Å². The van der Waals surface area contributed by atoms with Crippen molar-refractivity contribution in [3.05, 3.63) is 70.3 Å². The predicted molar refractivity (Wildman–Crippen MR) is 106 cm³/mol. The Hall–Kier alpha value is -2.92. The highest BCUT2D eigenvalue weighted by atomic mass is 35.5. The first-order chi connectivity index (χ1) is 12.1. The van der Waals surface area contributed by atoms with Crippen LogP contribution in [0.5, 0.6) is 0 Å². The molecule has 0 bridgehead atoms. The summed E-state index contributed by atoms with van der Waals surface area (Å²) in [5.41, 5.74) is 10.6. The van der Waals surface area contributed by atoms with Crippen LogP contribution in [0.2, 0.25) is 5.02 Å². The van der Waals surface area contributed by atoms with Gasteiger partial charge < -0.3 is 16.5 Å². The Morgan fingerprint density at radius 1 is 1.20 bits per heavy atom. The van der Waals surface area contributed by atoms with Crippen LogP contribution in [0.4, 0.5) is 5.69 Å². The monoisotopic (exact) mass is 351 g/mol. The SMILES string of the molecule is CC1=C(N=C(C=N)N=C(N)c2ccccc2Cl)c2ccccc2NC1. The van der Waals surface area contributed by atoms with Crippen LogP contribution in [0.1, 0.15) is 18.1 Å². The fraction of sp³-hybridized carbons (Fsp3) is 0.105. The van der Waals surface area contributed by atoms with E-state index in [1.54, 1.807) is 12.1 Å². The van der Waals surface area contributed by atoms with Crippen molar-refractivity contribution in [3.8, 4) is 0 Å². The number of benzene rings is 2. The molecule has 0 fully saturated rings. The number of fused-ring (bicyclic) bond motifs is 1. The summed E-state index contributed by atoms with van der Waals surface area (Å²) in [6.07, 6.45) is 1.09. The number of para-hydroxylation sites is 1. The molecule has 0 aliphatic carbocycles. The van der Waals surface area contributed by atoms with E-state index < -0.39 is 0 Å². The molecule has 1 heterocycles. The highest BCUT2D eigenvalue weighted by Crippen LogP contribution is 2.31. The van der Waals surface area contributed by atoms with E-state index in [0.29, 0.717) is 17.1 Å². The quantitative estimate of drug-likeness (QED) is 0.577. The molecule has 0 radical (unpaired) electrons. The molecule has 2 aromatic rings. The molecular weight excluding hydrogens is 334 g/mol. The van der Waals surface area contributed by atoms with Crippen molar-refractivity contribution in [2.75, 3.05) is 11.9 Å². The number of amidine groups is 2. The molecule has 1 aliphatic rings. The van der Waals surface area contributed by atoms with E-state index in [9.17, 15) is 0 Å². The number of halogens is 1. The Morgan fingerprint density at radius 3 is 2.68 bits per heavy atom. The van der Waals surface area contributed by atoms with E-state index in [4.69, 9.17) is 22.7 Å². The third-order valence-corrected chi connectivity index (χ3v) is 4.20. The lowest BCUT2D eigenvalue weighted by molar-refractivity contribution is 1.16. The number of nitrogens with two attached hydrogens (primary N) is 1. The lowest BCUT2D eigenvalue weighted by Crippen LogP contribution is -2.17. The molecule has 2 aromatic carbocycles. The number of hydrogen-bond donors (Lipinski definition) is 3. The van der Waals surface area contributed by atoms with E-state index in [1.165, 1.54) is 0 Å². The number of nitrogens with one attached hydrogen (secondary N) is 2. The van der Waals surface area contributed by atoms with E-state index >= 15 is 0 Å². The zero-order chi connectivity index (χ0) is 17.8. The second-order valence-electron chi connectivity index (χ2n) is 5.62. The van der Waals surface area contributed by atoms with Crippen LogP contribution in [0.25, 0.3) is 5.70 Å². The lowest BCUT2D eigenvalue weighted by Gasteiger charge is -2.20. The molecule has 0 aromatic heterocycles. The van der Waals surface area contributed by atoms with Crippen molar-refractivity contribution in [1.29, 1.82) is 5.41 Å². The molecule has 0 saturated heterocycles. The Balaban J connectivity index is 2.02. The largest absolute Gasteiger partial charge is 0.383 e. The fourth-order valence-corrected chi connectivity index (χ4v) is 2.83. The van der Waals surface area contributed by atoms with Crippen molar-refractivity contribution in [2.45, 2.75) is 6.92 Å². The summed E-state index contributed by atoms with van der Waals surface area (Å²) in [5.74, 6) is 0.455. The van der Waals surface area contributed by atoms with Gasteiger partial charge in [-0.2, -0.15) is 0 Å². The van der Waals surface area contributed by atoms with Crippen LogP contribution in [-0.2, 0) is 0 Å².